The molecule has 4 nitrogen and oxygen atoms in total. The third-order valence-electron chi connectivity index (χ3n) is 3.80. The highest BCUT2D eigenvalue weighted by Gasteiger charge is 2.19. The number of amides is 1. The van der Waals surface area contributed by atoms with Gasteiger partial charge in [-0.3, -0.25) is 4.79 Å². The van der Waals surface area contributed by atoms with E-state index in [1.54, 1.807) is 36.4 Å². The highest BCUT2D eigenvalue weighted by molar-refractivity contribution is 7.89. The van der Waals surface area contributed by atoms with E-state index in [1.807, 2.05) is 13.8 Å². The Morgan fingerprint density at radius 2 is 1.76 bits per heavy atom. The first-order valence-electron chi connectivity index (χ1n) is 7.99. The van der Waals surface area contributed by atoms with E-state index in [1.165, 1.54) is 12.1 Å². The summed E-state index contributed by atoms with van der Waals surface area (Å²) in [5, 5.41) is 2.95. The minimum Gasteiger partial charge on any atom is -0.345 e. The summed E-state index contributed by atoms with van der Waals surface area (Å²) in [7, 11) is -3.17. The Morgan fingerprint density at radius 1 is 1.12 bits per heavy atom. The lowest BCUT2D eigenvalue weighted by Gasteiger charge is -2.23. The van der Waals surface area contributed by atoms with Crippen molar-refractivity contribution < 1.29 is 17.6 Å². The minimum absolute atomic E-state index is 0.105. The van der Waals surface area contributed by atoms with Gasteiger partial charge in [0.25, 0.3) is 5.91 Å². The van der Waals surface area contributed by atoms with Crippen LogP contribution in [0.1, 0.15) is 41.4 Å². The Kier molecular flexibility index (Phi) is 5.95. The molecule has 6 heteroatoms. The van der Waals surface area contributed by atoms with Crippen molar-refractivity contribution in [1.82, 2.24) is 5.32 Å². The molecule has 0 radical (unpaired) electrons. The maximum absolute atomic E-state index is 13.1. The van der Waals surface area contributed by atoms with Gasteiger partial charge in [-0.25, -0.2) is 12.8 Å². The zero-order valence-corrected chi connectivity index (χ0v) is 15.3. The van der Waals surface area contributed by atoms with Crippen LogP contribution in [0, 0.1) is 11.7 Å². The third kappa shape index (κ3) is 5.67. The number of carbonyl (C=O) groups excluding carboxylic acids is 1. The fraction of sp³-hybridized carbons (Fsp3) is 0.316. The smallest absolute Gasteiger partial charge is 0.251 e. The van der Waals surface area contributed by atoms with Crippen molar-refractivity contribution >= 4 is 15.7 Å². The van der Waals surface area contributed by atoms with Gasteiger partial charge in [-0.15, -0.1) is 0 Å². The topological polar surface area (TPSA) is 63.2 Å². The Bertz CT molecular complexity index is 845. The second kappa shape index (κ2) is 7.78. The van der Waals surface area contributed by atoms with Gasteiger partial charge in [-0.05, 0) is 41.3 Å². The Hall–Kier alpha value is -2.21. The van der Waals surface area contributed by atoms with Crippen LogP contribution in [0.4, 0.5) is 4.39 Å². The van der Waals surface area contributed by atoms with Gasteiger partial charge in [0.05, 0.1) is 11.8 Å². The van der Waals surface area contributed by atoms with Crippen molar-refractivity contribution in [3.8, 4) is 0 Å². The van der Waals surface area contributed by atoms with E-state index < -0.39 is 9.84 Å². The molecule has 0 aliphatic carbocycles. The summed E-state index contributed by atoms with van der Waals surface area (Å²) >= 11 is 0. The van der Waals surface area contributed by atoms with Gasteiger partial charge in [0.1, 0.15) is 5.82 Å². The number of benzene rings is 2. The molecule has 1 N–H and O–H groups in total. The molecular formula is C19H22FNO3S. The lowest BCUT2D eigenvalue weighted by Crippen LogP contribution is -2.31. The van der Waals surface area contributed by atoms with E-state index in [4.69, 9.17) is 0 Å². The van der Waals surface area contributed by atoms with Crippen molar-refractivity contribution in [3.63, 3.8) is 0 Å². The number of hydrogen-bond acceptors (Lipinski definition) is 3. The van der Waals surface area contributed by atoms with Gasteiger partial charge in [-0.1, -0.05) is 38.1 Å². The van der Waals surface area contributed by atoms with Gasteiger partial charge < -0.3 is 5.32 Å². The molecule has 0 heterocycles. The summed E-state index contributed by atoms with van der Waals surface area (Å²) < 4.78 is 36.0. The SMILES string of the molecule is CC(C)[C@H](NC(=O)c1cccc(CS(C)(=O)=O)c1)c1ccc(F)cc1. The molecule has 25 heavy (non-hydrogen) atoms. The first kappa shape index (κ1) is 19.1. The first-order chi connectivity index (χ1) is 11.7. The van der Waals surface area contributed by atoms with Crippen LogP contribution in [0.3, 0.4) is 0 Å². The van der Waals surface area contributed by atoms with Gasteiger partial charge >= 0.3 is 0 Å². The maximum atomic E-state index is 13.1. The largest absolute Gasteiger partial charge is 0.345 e. The lowest BCUT2D eigenvalue weighted by atomic mass is 9.95. The zero-order chi connectivity index (χ0) is 18.6. The van der Waals surface area contributed by atoms with E-state index in [9.17, 15) is 17.6 Å². The molecule has 1 atom stereocenters. The number of carbonyl (C=O) groups is 1. The van der Waals surface area contributed by atoms with Crippen LogP contribution in [-0.4, -0.2) is 20.6 Å². The van der Waals surface area contributed by atoms with Crippen molar-refractivity contribution in [2.45, 2.75) is 25.6 Å². The van der Waals surface area contributed by atoms with E-state index in [2.05, 4.69) is 5.32 Å². The van der Waals surface area contributed by atoms with Crippen LogP contribution >= 0.6 is 0 Å². The number of hydrogen-bond donors (Lipinski definition) is 1. The summed E-state index contributed by atoms with van der Waals surface area (Å²) in [6.45, 7) is 3.93. The summed E-state index contributed by atoms with van der Waals surface area (Å²) in [6.07, 6.45) is 1.16. The predicted octanol–water partition coefficient (Wildman–Crippen LogP) is 3.50. The summed E-state index contributed by atoms with van der Waals surface area (Å²) in [6, 6.07) is 12.3. The van der Waals surface area contributed by atoms with Crippen LogP contribution in [0.25, 0.3) is 0 Å². The molecule has 0 aliphatic heterocycles. The quantitative estimate of drug-likeness (QED) is 0.854. The van der Waals surface area contributed by atoms with Crippen molar-refractivity contribution in [2.24, 2.45) is 5.92 Å². The average Bonchev–Trinajstić information content (AvgIpc) is 2.52. The minimum atomic E-state index is -3.17. The van der Waals surface area contributed by atoms with Crippen LogP contribution in [-0.2, 0) is 15.6 Å². The lowest BCUT2D eigenvalue weighted by molar-refractivity contribution is 0.0925. The van der Waals surface area contributed by atoms with Crippen LogP contribution in [0.5, 0.6) is 0 Å². The van der Waals surface area contributed by atoms with Crippen molar-refractivity contribution in [2.75, 3.05) is 6.26 Å². The molecule has 2 aromatic carbocycles. The van der Waals surface area contributed by atoms with Gasteiger partial charge in [0.2, 0.25) is 0 Å². The third-order valence-corrected chi connectivity index (χ3v) is 4.66. The highest BCUT2D eigenvalue weighted by Crippen LogP contribution is 2.22. The second-order valence-electron chi connectivity index (χ2n) is 6.52. The Morgan fingerprint density at radius 3 is 2.32 bits per heavy atom. The summed E-state index contributed by atoms with van der Waals surface area (Å²) in [5.41, 5.74) is 1.78. The first-order valence-corrected chi connectivity index (χ1v) is 10.0. The zero-order valence-electron chi connectivity index (χ0n) is 14.5. The normalized spacial score (nSPS) is 12.8. The van der Waals surface area contributed by atoms with E-state index in [-0.39, 0.29) is 29.4 Å². The molecule has 0 fully saturated rings. The van der Waals surface area contributed by atoms with E-state index in [0.717, 1.165) is 11.8 Å². The number of halogens is 1. The monoisotopic (exact) mass is 363 g/mol. The summed E-state index contributed by atoms with van der Waals surface area (Å²) in [5.74, 6) is -0.627. The van der Waals surface area contributed by atoms with Crippen molar-refractivity contribution in [3.05, 3.63) is 71.0 Å². The van der Waals surface area contributed by atoms with Gasteiger partial charge in [-0.2, -0.15) is 0 Å². The van der Waals surface area contributed by atoms with Crippen LogP contribution in [0.2, 0.25) is 0 Å². The standard InChI is InChI=1S/C19H22FNO3S/c1-13(2)18(15-7-9-17(20)10-8-15)21-19(22)16-6-4-5-14(11-16)12-25(3,23)24/h4-11,13,18H,12H2,1-3H3,(H,21,22)/t18-/m0/s1. The predicted molar refractivity (Wildman–Crippen MR) is 96.4 cm³/mol. The van der Waals surface area contributed by atoms with E-state index >= 15 is 0 Å². The molecular weight excluding hydrogens is 341 g/mol. The fourth-order valence-electron chi connectivity index (χ4n) is 2.63. The van der Waals surface area contributed by atoms with Gasteiger partial charge in [0.15, 0.2) is 9.84 Å². The van der Waals surface area contributed by atoms with Crippen molar-refractivity contribution in [1.29, 1.82) is 0 Å². The van der Waals surface area contributed by atoms with Crippen LogP contribution in [0.15, 0.2) is 48.5 Å². The van der Waals surface area contributed by atoms with Crippen LogP contribution < -0.4 is 5.32 Å². The Labute approximate surface area is 148 Å². The molecule has 0 aliphatic rings. The summed E-state index contributed by atoms with van der Waals surface area (Å²) in [4.78, 5) is 12.6. The molecule has 2 rings (SSSR count). The Balaban J connectivity index is 2.21. The molecule has 0 bridgehead atoms. The molecule has 0 saturated heterocycles. The van der Waals surface area contributed by atoms with E-state index in [0.29, 0.717) is 11.1 Å². The second-order valence-corrected chi connectivity index (χ2v) is 8.66. The highest BCUT2D eigenvalue weighted by atomic mass is 32.2. The van der Waals surface area contributed by atoms with Gasteiger partial charge in [0, 0.05) is 11.8 Å². The molecule has 0 aromatic heterocycles. The molecule has 2 aromatic rings. The molecule has 1 amide bonds. The number of nitrogens with one attached hydrogen (secondary N) is 1. The molecule has 0 saturated carbocycles. The number of rotatable bonds is 6. The molecule has 134 valence electrons. The molecule has 0 spiro atoms. The maximum Gasteiger partial charge on any atom is 0.251 e. The number of sulfone groups is 1. The average molecular weight is 363 g/mol. The molecule has 0 unspecified atom stereocenters. The fourth-order valence-corrected chi connectivity index (χ4v) is 3.42.